The minimum absolute atomic E-state index is 0.140. The monoisotopic (exact) mass is 313 g/mol. The van der Waals surface area contributed by atoms with E-state index in [0.29, 0.717) is 10.9 Å². The average Bonchev–Trinajstić information content (AvgIpc) is 2.75. The molecule has 2 aromatic rings. The summed E-state index contributed by atoms with van der Waals surface area (Å²) in [6, 6.07) is 4.66. The topological polar surface area (TPSA) is 68.8 Å². The van der Waals surface area contributed by atoms with E-state index in [1.54, 1.807) is 23.9 Å². The summed E-state index contributed by atoms with van der Waals surface area (Å²) in [5.41, 5.74) is 4.41. The number of nitrogens with zero attached hydrogens (tertiary/aromatic N) is 3. The molecule has 0 aliphatic carbocycles. The van der Waals surface area contributed by atoms with Gasteiger partial charge in [0.1, 0.15) is 5.82 Å². The van der Waals surface area contributed by atoms with Crippen molar-refractivity contribution in [2.75, 3.05) is 0 Å². The van der Waals surface area contributed by atoms with Crippen LogP contribution in [0.2, 0.25) is 0 Å². The number of hydrogen-bond acceptors (Lipinski definition) is 4. The van der Waals surface area contributed by atoms with Crippen molar-refractivity contribution in [3.63, 3.8) is 0 Å². The quantitative estimate of drug-likeness (QED) is 0.662. The highest BCUT2D eigenvalue weighted by molar-refractivity contribution is 9.10. The van der Waals surface area contributed by atoms with Crippen LogP contribution in [0.25, 0.3) is 0 Å². The van der Waals surface area contributed by atoms with Crippen LogP contribution in [0, 0.1) is 5.82 Å². The molecule has 0 saturated carbocycles. The van der Waals surface area contributed by atoms with Crippen LogP contribution in [0.1, 0.15) is 17.3 Å². The molecule has 7 heteroatoms. The number of aromatic nitrogens is 3. The zero-order valence-electron chi connectivity index (χ0n) is 9.77. The van der Waals surface area contributed by atoms with Crippen molar-refractivity contribution in [3.8, 4) is 0 Å². The molecule has 0 spiro atoms. The van der Waals surface area contributed by atoms with Crippen molar-refractivity contribution < 1.29 is 4.39 Å². The van der Waals surface area contributed by atoms with E-state index in [0.717, 1.165) is 11.3 Å². The molecule has 0 amide bonds. The molecule has 1 aromatic carbocycles. The van der Waals surface area contributed by atoms with Gasteiger partial charge in [-0.05, 0) is 33.6 Å². The summed E-state index contributed by atoms with van der Waals surface area (Å²) in [6.45, 7) is 0. The minimum Gasteiger partial charge on any atom is -0.271 e. The van der Waals surface area contributed by atoms with Gasteiger partial charge in [-0.1, -0.05) is 11.3 Å². The van der Waals surface area contributed by atoms with Crippen LogP contribution in [0.15, 0.2) is 28.9 Å². The van der Waals surface area contributed by atoms with Crippen molar-refractivity contribution in [1.29, 1.82) is 0 Å². The van der Waals surface area contributed by atoms with Crippen LogP contribution in [-0.4, -0.2) is 15.0 Å². The number of hydrazine groups is 1. The highest BCUT2D eigenvalue weighted by Crippen LogP contribution is 2.22. The highest BCUT2D eigenvalue weighted by Gasteiger charge is 2.14. The van der Waals surface area contributed by atoms with Crippen molar-refractivity contribution in [2.24, 2.45) is 12.9 Å². The summed E-state index contributed by atoms with van der Waals surface area (Å²) in [6.07, 6.45) is 2.41. The van der Waals surface area contributed by atoms with Crippen LogP contribution in [0.3, 0.4) is 0 Å². The molecule has 0 radical (unpaired) electrons. The molecule has 0 fully saturated rings. The molecule has 1 heterocycles. The van der Waals surface area contributed by atoms with Crippen molar-refractivity contribution in [3.05, 3.63) is 45.9 Å². The molecule has 1 aromatic heterocycles. The number of rotatable bonds is 4. The van der Waals surface area contributed by atoms with E-state index in [2.05, 4.69) is 31.7 Å². The molecule has 3 N–H and O–H groups in total. The maximum Gasteiger partial charge on any atom is 0.137 e. The first-order valence-corrected chi connectivity index (χ1v) is 6.15. The second kappa shape index (κ2) is 5.55. The van der Waals surface area contributed by atoms with Crippen LogP contribution in [-0.2, 0) is 13.5 Å². The van der Waals surface area contributed by atoms with E-state index in [1.165, 1.54) is 6.07 Å². The normalized spacial score (nSPS) is 12.7. The molecule has 0 aliphatic rings. The second-order valence-corrected chi connectivity index (χ2v) is 4.83. The highest BCUT2D eigenvalue weighted by atomic mass is 79.9. The van der Waals surface area contributed by atoms with Crippen molar-refractivity contribution in [1.82, 2.24) is 20.4 Å². The number of nitrogens with one attached hydrogen (secondary N) is 1. The van der Waals surface area contributed by atoms with E-state index < -0.39 is 0 Å². The summed E-state index contributed by atoms with van der Waals surface area (Å²) >= 11 is 3.16. The number of hydrogen-bond donors (Lipinski definition) is 2. The molecular weight excluding hydrogens is 301 g/mol. The first-order chi connectivity index (χ1) is 8.60. The van der Waals surface area contributed by atoms with Gasteiger partial charge in [-0.15, -0.1) is 5.10 Å². The Morgan fingerprint density at radius 3 is 2.89 bits per heavy atom. The molecular formula is C11H13BrFN5. The third-order valence-electron chi connectivity index (χ3n) is 2.61. The van der Waals surface area contributed by atoms with Gasteiger partial charge >= 0.3 is 0 Å². The Morgan fingerprint density at radius 1 is 1.56 bits per heavy atom. The smallest absolute Gasteiger partial charge is 0.137 e. The van der Waals surface area contributed by atoms with Crippen LogP contribution in [0.5, 0.6) is 0 Å². The SMILES string of the molecule is Cn1cc(CC(NN)c2ccc(F)c(Br)c2)nn1. The molecule has 96 valence electrons. The summed E-state index contributed by atoms with van der Waals surface area (Å²) < 4.78 is 15.2. The minimum atomic E-state index is -0.297. The molecule has 0 aliphatic heterocycles. The molecule has 5 nitrogen and oxygen atoms in total. The number of benzene rings is 1. The Balaban J connectivity index is 2.19. The van der Waals surface area contributed by atoms with Crippen LogP contribution in [0.4, 0.5) is 4.39 Å². The lowest BCUT2D eigenvalue weighted by atomic mass is 10.0. The molecule has 1 atom stereocenters. The average molecular weight is 314 g/mol. The molecule has 2 rings (SSSR count). The summed E-state index contributed by atoms with van der Waals surface area (Å²) in [7, 11) is 1.80. The van der Waals surface area contributed by atoms with E-state index in [9.17, 15) is 4.39 Å². The molecule has 18 heavy (non-hydrogen) atoms. The van der Waals surface area contributed by atoms with Gasteiger partial charge in [0, 0.05) is 19.7 Å². The van der Waals surface area contributed by atoms with Gasteiger partial charge in [0.05, 0.1) is 16.2 Å². The van der Waals surface area contributed by atoms with E-state index >= 15 is 0 Å². The van der Waals surface area contributed by atoms with Gasteiger partial charge < -0.3 is 0 Å². The van der Waals surface area contributed by atoms with Gasteiger partial charge in [-0.25, -0.2) is 4.39 Å². The number of halogens is 2. The van der Waals surface area contributed by atoms with E-state index in [1.807, 2.05) is 6.20 Å². The Labute approximate surface area is 112 Å². The lowest BCUT2D eigenvalue weighted by Crippen LogP contribution is -2.29. The first kappa shape index (κ1) is 13.1. The van der Waals surface area contributed by atoms with Gasteiger partial charge in [0.25, 0.3) is 0 Å². The Hall–Kier alpha value is -1.31. The lowest BCUT2D eigenvalue weighted by molar-refractivity contribution is 0.542. The third-order valence-corrected chi connectivity index (χ3v) is 3.22. The van der Waals surface area contributed by atoms with E-state index in [-0.39, 0.29) is 11.9 Å². The fraction of sp³-hybridized carbons (Fsp3) is 0.273. The summed E-state index contributed by atoms with van der Waals surface area (Å²) in [5, 5.41) is 7.86. The summed E-state index contributed by atoms with van der Waals surface area (Å²) in [5.74, 6) is 5.24. The van der Waals surface area contributed by atoms with Crippen molar-refractivity contribution >= 4 is 15.9 Å². The Kier molecular flexibility index (Phi) is 4.05. The molecule has 1 unspecified atom stereocenters. The van der Waals surface area contributed by atoms with Gasteiger partial charge in [-0.2, -0.15) is 0 Å². The molecule has 0 saturated heterocycles. The van der Waals surface area contributed by atoms with Crippen LogP contribution < -0.4 is 11.3 Å². The van der Waals surface area contributed by atoms with Gasteiger partial charge in [-0.3, -0.25) is 16.0 Å². The maximum atomic E-state index is 13.2. The number of nitrogens with two attached hydrogens (primary N) is 1. The fourth-order valence-corrected chi connectivity index (χ4v) is 2.10. The second-order valence-electron chi connectivity index (χ2n) is 3.98. The Bertz CT molecular complexity index is 542. The first-order valence-electron chi connectivity index (χ1n) is 5.36. The van der Waals surface area contributed by atoms with Gasteiger partial charge in [0.2, 0.25) is 0 Å². The largest absolute Gasteiger partial charge is 0.271 e. The van der Waals surface area contributed by atoms with Gasteiger partial charge in [0.15, 0.2) is 0 Å². The van der Waals surface area contributed by atoms with E-state index in [4.69, 9.17) is 5.84 Å². The number of aryl methyl sites for hydroxylation is 1. The maximum absolute atomic E-state index is 13.2. The lowest BCUT2D eigenvalue weighted by Gasteiger charge is -2.15. The fourth-order valence-electron chi connectivity index (χ4n) is 1.70. The summed E-state index contributed by atoms with van der Waals surface area (Å²) in [4.78, 5) is 0. The van der Waals surface area contributed by atoms with Crippen molar-refractivity contribution in [2.45, 2.75) is 12.5 Å². The zero-order valence-corrected chi connectivity index (χ0v) is 11.4. The zero-order chi connectivity index (χ0) is 13.1. The standard InChI is InChI=1S/C11H13BrFN5/c1-18-6-8(16-17-18)5-11(15-14)7-2-3-10(13)9(12)4-7/h2-4,6,11,15H,5,14H2,1H3. The molecule has 0 bridgehead atoms. The Morgan fingerprint density at radius 2 is 2.33 bits per heavy atom. The predicted octanol–water partition coefficient (Wildman–Crippen LogP) is 1.46. The predicted molar refractivity (Wildman–Crippen MR) is 68.9 cm³/mol. The third kappa shape index (κ3) is 2.92. The van der Waals surface area contributed by atoms with Crippen LogP contribution >= 0.6 is 15.9 Å².